The molecule has 1 aliphatic carbocycles. The first-order valence-electron chi connectivity index (χ1n) is 10.7. The van der Waals surface area contributed by atoms with Gasteiger partial charge in [-0.25, -0.2) is 4.98 Å². The molecule has 0 unspecified atom stereocenters. The highest BCUT2D eigenvalue weighted by Crippen LogP contribution is 2.31. The fraction of sp³-hybridized carbons (Fsp3) is 0.208. The molecule has 2 aromatic carbocycles. The second-order valence-electron chi connectivity index (χ2n) is 7.89. The third-order valence-corrected chi connectivity index (χ3v) is 7.19. The Balaban J connectivity index is 1.34. The van der Waals surface area contributed by atoms with Crippen LogP contribution in [0.5, 0.6) is 0 Å². The third-order valence-electron chi connectivity index (χ3n) is 5.64. The van der Waals surface area contributed by atoms with Crippen molar-refractivity contribution in [1.29, 1.82) is 5.41 Å². The summed E-state index contributed by atoms with van der Waals surface area (Å²) in [5.74, 6) is 0.363. The summed E-state index contributed by atoms with van der Waals surface area (Å²) in [4.78, 5) is 18.2. The molecule has 2 heterocycles. The molecule has 7 nitrogen and oxygen atoms in total. The SMILES string of the molecule is N=C(Sc1ccc(CC2CCC2)cc1)N1N=C(c2ccccc2)/C(=N\Nc2nccs2)C1=O. The summed E-state index contributed by atoms with van der Waals surface area (Å²) >= 11 is 2.59. The van der Waals surface area contributed by atoms with Crippen molar-refractivity contribution in [2.24, 2.45) is 16.1 Å². The van der Waals surface area contributed by atoms with Crippen molar-refractivity contribution < 1.29 is 4.79 Å². The molecule has 3 aromatic rings. The van der Waals surface area contributed by atoms with Crippen molar-refractivity contribution in [2.75, 3.05) is 5.43 Å². The number of carbonyl (C=O) groups is 1. The molecule has 1 aliphatic heterocycles. The predicted molar refractivity (Wildman–Crippen MR) is 134 cm³/mol. The van der Waals surface area contributed by atoms with Crippen LogP contribution in [0.3, 0.4) is 0 Å². The molecule has 1 amide bonds. The molecular weight excluding hydrogens is 452 g/mol. The lowest BCUT2D eigenvalue weighted by molar-refractivity contribution is -0.119. The number of hydrogen-bond donors (Lipinski definition) is 2. The second kappa shape index (κ2) is 9.68. The first kappa shape index (κ1) is 21.5. The van der Waals surface area contributed by atoms with Gasteiger partial charge in [0.1, 0.15) is 5.71 Å². The van der Waals surface area contributed by atoms with Crippen LogP contribution >= 0.6 is 23.1 Å². The average molecular weight is 475 g/mol. The lowest BCUT2D eigenvalue weighted by atomic mass is 9.81. The van der Waals surface area contributed by atoms with E-state index in [1.165, 1.54) is 47.9 Å². The number of benzene rings is 2. The van der Waals surface area contributed by atoms with Gasteiger partial charge < -0.3 is 0 Å². The van der Waals surface area contributed by atoms with Gasteiger partial charge in [0, 0.05) is 22.0 Å². The van der Waals surface area contributed by atoms with E-state index in [2.05, 4.69) is 32.7 Å². The van der Waals surface area contributed by atoms with Crippen LogP contribution in [-0.2, 0) is 11.2 Å². The van der Waals surface area contributed by atoms with E-state index in [0.29, 0.717) is 10.8 Å². The maximum absolute atomic E-state index is 13.2. The number of anilines is 1. The molecule has 5 rings (SSSR count). The van der Waals surface area contributed by atoms with Gasteiger partial charge in [0.05, 0.1) is 0 Å². The average Bonchev–Trinajstić information content (AvgIpc) is 3.44. The van der Waals surface area contributed by atoms with E-state index in [9.17, 15) is 4.79 Å². The van der Waals surface area contributed by atoms with E-state index in [-0.39, 0.29) is 10.9 Å². The Morgan fingerprint density at radius 1 is 1.18 bits per heavy atom. The zero-order valence-corrected chi connectivity index (χ0v) is 19.4. The summed E-state index contributed by atoms with van der Waals surface area (Å²) < 4.78 is 0. The van der Waals surface area contributed by atoms with Crippen molar-refractivity contribution in [2.45, 2.75) is 30.6 Å². The number of amidine groups is 1. The van der Waals surface area contributed by atoms with Crippen LogP contribution < -0.4 is 5.43 Å². The van der Waals surface area contributed by atoms with Crippen LogP contribution in [0.4, 0.5) is 5.13 Å². The summed E-state index contributed by atoms with van der Waals surface area (Å²) in [6, 6.07) is 17.6. The minimum absolute atomic E-state index is 0.0274. The zero-order chi connectivity index (χ0) is 22.6. The topological polar surface area (TPSA) is 93.8 Å². The largest absolute Gasteiger partial charge is 0.303 e. The fourth-order valence-electron chi connectivity index (χ4n) is 3.68. The third kappa shape index (κ3) is 4.89. The van der Waals surface area contributed by atoms with E-state index in [0.717, 1.165) is 27.8 Å². The maximum Gasteiger partial charge on any atom is 0.303 e. The van der Waals surface area contributed by atoms with E-state index in [1.807, 2.05) is 47.8 Å². The number of amides is 1. The van der Waals surface area contributed by atoms with Crippen LogP contribution in [0.2, 0.25) is 0 Å². The number of hydrogen-bond acceptors (Lipinski definition) is 8. The van der Waals surface area contributed by atoms with Crippen molar-refractivity contribution in [3.8, 4) is 0 Å². The van der Waals surface area contributed by atoms with Gasteiger partial charge in [-0.05, 0) is 30.0 Å². The van der Waals surface area contributed by atoms with Gasteiger partial charge in [0.15, 0.2) is 10.9 Å². The van der Waals surface area contributed by atoms with Crippen LogP contribution in [0.15, 0.2) is 81.3 Å². The van der Waals surface area contributed by atoms with Crippen LogP contribution in [0.25, 0.3) is 0 Å². The van der Waals surface area contributed by atoms with E-state index < -0.39 is 5.91 Å². The number of rotatable bonds is 6. The minimum atomic E-state index is -0.447. The fourth-order valence-corrected chi connectivity index (χ4v) is 4.86. The summed E-state index contributed by atoms with van der Waals surface area (Å²) in [6.45, 7) is 0. The lowest BCUT2D eigenvalue weighted by Crippen LogP contribution is -2.31. The van der Waals surface area contributed by atoms with Crippen LogP contribution in [0, 0.1) is 11.3 Å². The number of nitrogens with one attached hydrogen (secondary N) is 2. The molecule has 1 aromatic heterocycles. The molecule has 2 N–H and O–H groups in total. The van der Waals surface area contributed by atoms with Gasteiger partial charge in [-0.15, -0.1) is 11.3 Å². The van der Waals surface area contributed by atoms with E-state index in [4.69, 9.17) is 5.41 Å². The zero-order valence-electron chi connectivity index (χ0n) is 17.8. The molecule has 9 heteroatoms. The smallest absolute Gasteiger partial charge is 0.276 e. The Morgan fingerprint density at radius 2 is 1.97 bits per heavy atom. The normalized spacial score (nSPS) is 17.2. The summed E-state index contributed by atoms with van der Waals surface area (Å²) in [7, 11) is 0. The molecule has 1 saturated carbocycles. The highest BCUT2D eigenvalue weighted by Gasteiger charge is 2.36. The summed E-state index contributed by atoms with van der Waals surface area (Å²) in [5, 5.41) is 20.8. The number of aromatic nitrogens is 1. The standard InChI is InChI=1S/C24H22N6OS2/c25-23(33-19-11-9-17(10-12-19)15-16-5-4-6-16)30-22(31)21(27-28-24-26-13-14-32-24)20(29-30)18-7-2-1-3-8-18/h1-3,7-14,16,25H,4-6,15H2,(H,26,28)/b25-23?,27-21+. The Morgan fingerprint density at radius 3 is 2.64 bits per heavy atom. The van der Waals surface area contributed by atoms with Gasteiger partial charge in [-0.3, -0.25) is 15.6 Å². The molecule has 33 heavy (non-hydrogen) atoms. The van der Waals surface area contributed by atoms with Gasteiger partial charge in [-0.2, -0.15) is 15.2 Å². The van der Waals surface area contributed by atoms with Crippen molar-refractivity contribution in [3.63, 3.8) is 0 Å². The Bertz CT molecular complexity index is 1200. The second-order valence-corrected chi connectivity index (χ2v) is 9.85. The molecule has 0 atom stereocenters. The lowest BCUT2D eigenvalue weighted by Gasteiger charge is -2.25. The minimum Gasteiger partial charge on any atom is -0.276 e. The number of thiazole rings is 1. The van der Waals surface area contributed by atoms with E-state index >= 15 is 0 Å². The van der Waals surface area contributed by atoms with Crippen LogP contribution in [-0.4, -0.2) is 32.5 Å². The molecule has 1 fully saturated rings. The van der Waals surface area contributed by atoms with Crippen molar-refractivity contribution in [3.05, 3.63) is 77.3 Å². The molecule has 0 spiro atoms. The number of carbonyl (C=O) groups excluding carboxylic acids is 1. The highest BCUT2D eigenvalue weighted by atomic mass is 32.2. The van der Waals surface area contributed by atoms with Crippen molar-refractivity contribution >= 4 is 50.7 Å². The highest BCUT2D eigenvalue weighted by molar-refractivity contribution is 8.13. The molecule has 0 saturated heterocycles. The first-order chi connectivity index (χ1) is 16.2. The van der Waals surface area contributed by atoms with Gasteiger partial charge in [0.25, 0.3) is 0 Å². The molecular formula is C24H22N6OS2. The summed E-state index contributed by atoms with van der Waals surface area (Å²) in [5.41, 5.74) is 5.47. The van der Waals surface area contributed by atoms with E-state index in [1.54, 1.807) is 6.20 Å². The predicted octanol–water partition coefficient (Wildman–Crippen LogP) is 5.23. The van der Waals surface area contributed by atoms with Crippen LogP contribution in [0.1, 0.15) is 30.4 Å². The number of hydrazone groups is 2. The first-order valence-corrected chi connectivity index (χ1v) is 12.4. The maximum atomic E-state index is 13.2. The molecule has 0 radical (unpaired) electrons. The van der Waals surface area contributed by atoms with Crippen molar-refractivity contribution in [1.82, 2.24) is 9.99 Å². The quantitative estimate of drug-likeness (QED) is 0.221. The van der Waals surface area contributed by atoms with Gasteiger partial charge in [0.2, 0.25) is 5.13 Å². The molecule has 0 bridgehead atoms. The number of thioether (sulfide) groups is 1. The Kier molecular flexibility index (Phi) is 6.32. The molecule has 166 valence electrons. The monoisotopic (exact) mass is 474 g/mol. The molecule has 2 aliphatic rings. The summed E-state index contributed by atoms with van der Waals surface area (Å²) in [6.07, 6.45) is 6.76. The Labute approximate surface area is 200 Å². The Hall–Kier alpha value is -3.30. The number of nitrogens with zero attached hydrogens (tertiary/aromatic N) is 4. The van der Waals surface area contributed by atoms with Gasteiger partial charge in [-0.1, -0.05) is 73.5 Å². The van der Waals surface area contributed by atoms with Gasteiger partial charge >= 0.3 is 5.91 Å².